The molecule has 1 saturated carbocycles. The van der Waals surface area contributed by atoms with Gasteiger partial charge in [0.1, 0.15) is 10.9 Å². The summed E-state index contributed by atoms with van der Waals surface area (Å²) in [6.07, 6.45) is 3.30. The van der Waals surface area contributed by atoms with Gasteiger partial charge >= 0.3 is 5.97 Å². The molecule has 1 N–H and O–H groups in total. The summed E-state index contributed by atoms with van der Waals surface area (Å²) in [6, 6.07) is 0.677. The number of carbonyl (C=O) groups excluding carboxylic acids is 2. The number of carbonyl (C=O) groups is 3. The lowest BCUT2D eigenvalue weighted by Crippen LogP contribution is -2.54. The lowest BCUT2D eigenvalue weighted by atomic mass is 9.82. The van der Waals surface area contributed by atoms with Gasteiger partial charge in [0, 0.05) is 32.0 Å². The zero-order valence-corrected chi connectivity index (χ0v) is 22.3. The van der Waals surface area contributed by atoms with Crippen LogP contribution in [0.4, 0.5) is 5.69 Å². The third-order valence-electron chi connectivity index (χ3n) is 5.85. The Kier molecular flexibility index (Phi) is 9.72. The van der Waals surface area contributed by atoms with Crippen LogP contribution in [-0.2, 0) is 14.3 Å². The van der Waals surface area contributed by atoms with E-state index in [1.54, 1.807) is 20.2 Å². The van der Waals surface area contributed by atoms with Crippen LogP contribution >= 0.6 is 11.3 Å². The highest BCUT2D eigenvalue weighted by Crippen LogP contribution is 2.36. The van der Waals surface area contributed by atoms with Crippen molar-refractivity contribution >= 4 is 34.8 Å². The van der Waals surface area contributed by atoms with Crippen LogP contribution in [-0.4, -0.2) is 61.1 Å². The number of nitrogens with zero attached hydrogens (tertiary/aromatic N) is 2. The first kappa shape index (κ1) is 27.9. The van der Waals surface area contributed by atoms with E-state index in [-0.39, 0.29) is 40.3 Å². The second-order valence-corrected chi connectivity index (χ2v) is 11.3. The van der Waals surface area contributed by atoms with Gasteiger partial charge in [0.2, 0.25) is 11.8 Å². The summed E-state index contributed by atoms with van der Waals surface area (Å²) in [5, 5.41) is 9.99. The van der Waals surface area contributed by atoms with Crippen molar-refractivity contribution in [1.82, 2.24) is 4.90 Å². The monoisotopic (exact) mass is 490 g/mol. The van der Waals surface area contributed by atoms with E-state index >= 15 is 0 Å². The molecule has 0 aliphatic heterocycles. The zero-order valence-electron chi connectivity index (χ0n) is 21.4. The highest BCUT2D eigenvalue weighted by molar-refractivity contribution is 7.15. The molecule has 0 radical (unpaired) electrons. The van der Waals surface area contributed by atoms with Crippen LogP contribution in [0.5, 0.6) is 0 Å². The predicted octanol–water partition coefficient (Wildman–Crippen LogP) is 4.50. The Bertz CT molecular complexity index is 943. The largest absolute Gasteiger partial charge is 0.477 e. The molecule has 34 heavy (non-hydrogen) atoms. The molecule has 188 valence electrons. The van der Waals surface area contributed by atoms with Crippen LogP contribution in [0.1, 0.15) is 74.9 Å². The van der Waals surface area contributed by atoms with Crippen molar-refractivity contribution in [2.24, 2.45) is 17.3 Å². The number of likely N-dealkylation sites (N-methyl/N-ethyl adjacent to an activating group) is 1. The fourth-order valence-corrected chi connectivity index (χ4v) is 4.79. The molecule has 1 aliphatic carbocycles. The standard InChI is InChI=1S/C26H38N2O5S/c1-8-33-16-21(24(30)27(6)7)28(23(29)18-11-9-17(2)10-12-18)20-15-19(13-14-26(3,4)5)34-22(20)25(31)32/h15,17-18,21H,8-12,16H2,1-7H3,(H,31,32)/t17?,18?,21-/m0/s1. The van der Waals surface area contributed by atoms with E-state index in [2.05, 4.69) is 18.8 Å². The Morgan fingerprint density at radius 3 is 2.32 bits per heavy atom. The van der Waals surface area contributed by atoms with Crippen molar-refractivity contribution in [3.8, 4) is 11.8 Å². The average Bonchev–Trinajstić information content (AvgIpc) is 3.18. The van der Waals surface area contributed by atoms with Gasteiger partial charge in [-0.05, 0) is 65.4 Å². The molecule has 0 aromatic carbocycles. The number of carboxylic acid groups (broad SMARTS) is 1. The molecule has 1 aromatic heterocycles. The van der Waals surface area contributed by atoms with Crippen LogP contribution in [0, 0.1) is 29.1 Å². The molecule has 2 amide bonds. The quantitative estimate of drug-likeness (QED) is 0.542. The minimum Gasteiger partial charge on any atom is -0.477 e. The molecule has 1 heterocycles. The summed E-state index contributed by atoms with van der Waals surface area (Å²) in [5.74, 6) is 4.79. The number of hydrogen-bond donors (Lipinski definition) is 1. The van der Waals surface area contributed by atoms with E-state index < -0.39 is 12.0 Å². The Hall–Kier alpha value is -2.37. The maximum Gasteiger partial charge on any atom is 0.348 e. The van der Waals surface area contributed by atoms with E-state index in [1.807, 2.05) is 27.7 Å². The van der Waals surface area contributed by atoms with Gasteiger partial charge in [-0.25, -0.2) is 4.79 Å². The van der Waals surface area contributed by atoms with Gasteiger partial charge in [0.25, 0.3) is 0 Å². The van der Waals surface area contributed by atoms with Gasteiger partial charge in [-0.15, -0.1) is 11.3 Å². The summed E-state index contributed by atoms with van der Waals surface area (Å²) in [5.41, 5.74) is -0.0422. The summed E-state index contributed by atoms with van der Waals surface area (Å²) >= 11 is 1.03. The van der Waals surface area contributed by atoms with E-state index in [0.717, 1.165) is 37.0 Å². The highest BCUT2D eigenvalue weighted by atomic mass is 32.1. The van der Waals surface area contributed by atoms with Gasteiger partial charge in [-0.3, -0.25) is 14.5 Å². The van der Waals surface area contributed by atoms with Gasteiger partial charge < -0.3 is 14.7 Å². The fraction of sp³-hybridized carbons (Fsp3) is 0.654. The molecular formula is C26H38N2O5S. The van der Waals surface area contributed by atoms with Crippen LogP contribution < -0.4 is 4.90 Å². The number of thiophene rings is 1. The molecule has 1 fully saturated rings. The number of ether oxygens (including phenoxy) is 1. The number of amides is 2. The maximum absolute atomic E-state index is 13.9. The average molecular weight is 491 g/mol. The normalized spacial score (nSPS) is 19.0. The number of aromatic carboxylic acids is 1. The van der Waals surface area contributed by atoms with Gasteiger partial charge in [0.15, 0.2) is 0 Å². The van der Waals surface area contributed by atoms with E-state index in [1.165, 1.54) is 9.80 Å². The van der Waals surface area contributed by atoms with Crippen molar-refractivity contribution in [3.63, 3.8) is 0 Å². The number of carboxylic acids is 1. The van der Waals surface area contributed by atoms with Gasteiger partial charge in [-0.1, -0.05) is 18.8 Å². The summed E-state index contributed by atoms with van der Waals surface area (Å²) in [4.78, 5) is 42.7. The molecule has 1 atom stereocenters. The zero-order chi connectivity index (χ0) is 25.6. The van der Waals surface area contributed by atoms with Crippen molar-refractivity contribution in [1.29, 1.82) is 0 Å². The van der Waals surface area contributed by atoms with Crippen LogP contribution in [0.15, 0.2) is 6.07 Å². The van der Waals surface area contributed by atoms with Crippen molar-refractivity contribution in [2.45, 2.75) is 66.3 Å². The van der Waals surface area contributed by atoms with Crippen molar-refractivity contribution < 1.29 is 24.2 Å². The molecule has 0 bridgehead atoms. The molecule has 2 rings (SSSR count). The molecule has 1 aromatic rings. The second kappa shape index (κ2) is 11.9. The van der Waals surface area contributed by atoms with Crippen LogP contribution in [0.25, 0.3) is 0 Å². The van der Waals surface area contributed by atoms with Gasteiger partial charge in [-0.2, -0.15) is 0 Å². The van der Waals surface area contributed by atoms with Crippen molar-refractivity contribution in [3.05, 3.63) is 15.8 Å². The van der Waals surface area contributed by atoms with E-state index in [9.17, 15) is 19.5 Å². The van der Waals surface area contributed by atoms with Gasteiger partial charge in [0.05, 0.1) is 17.2 Å². The molecule has 8 heteroatoms. The summed E-state index contributed by atoms with van der Waals surface area (Å²) < 4.78 is 5.61. The first-order valence-electron chi connectivity index (χ1n) is 11.9. The second-order valence-electron chi connectivity index (χ2n) is 10.2. The topological polar surface area (TPSA) is 87.2 Å². The number of hydrogen-bond acceptors (Lipinski definition) is 5. The maximum atomic E-state index is 13.9. The smallest absolute Gasteiger partial charge is 0.348 e. The Balaban J connectivity index is 2.64. The predicted molar refractivity (Wildman–Crippen MR) is 135 cm³/mol. The van der Waals surface area contributed by atoms with E-state index in [4.69, 9.17) is 4.74 Å². The molecule has 0 unspecified atom stereocenters. The summed E-state index contributed by atoms with van der Waals surface area (Å²) in [6.45, 7) is 10.3. The first-order valence-corrected chi connectivity index (χ1v) is 12.7. The van der Waals surface area contributed by atoms with Crippen LogP contribution in [0.3, 0.4) is 0 Å². The number of rotatable bonds is 8. The Morgan fingerprint density at radius 2 is 1.82 bits per heavy atom. The molecule has 7 nitrogen and oxygen atoms in total. The number of anilines is 1. The minimum absolute atomic E-state index is 0.00351. The molecule has 0 spiro atoms. The Labute approximate surface area is 207 Å². The highest BCUT2D eigenvalue weighted by Gasteiger charge is 2.39. The lowest BCUT2D eigenvalue weighted by Gasteiger charge is -2.36. The van der Waals surface area contributed by atoms with Crippen molar-refractivity contribution in [2.75, 3.05) is 32.2 Å². The molecular weight excluding hydrogens is 452 g/mol. The SMILES string of the molecule is CCOC[C@@H](C(=O)N(C)C)N(C(=O)C1CCC(C)CC1)c1cc(C#CC(C)(C)C)sc1C(=O)O. The minimum atomic E-state index is -1.15. The third-order valence-corrected chi connectivity index (χ3v) is 6.87. The molecule has 0 saturated heterocycles. The molecule has 1 aliphatic rings. The van der Waals surface area contributed by atoms with E-state index in [0.29, 0.717) is 17.4 Å². The lowest BCUT2D eigenvalue weighted by molar-refractivity contribution is -0.135. The summed E-state index contributed by atoms with van der Waals surface area (Å²) in [7, 11) is 3.25. The van der Waals surface area contributed by atoms with Crippen LogP contribution in [0.2, 0.25) is 0 Å². The Morgan fingerprint density at radius 1 is 1.21 bits per heavy atom. The fourth-order valence-electron chi connectivity index (χ4n) is 3.95. The third kappa shape index (κ3) is 7.31. The first-order chi connectivity index (χ1) is 15.9.